The number of hydrogen-bond donors (Lipinski definition) is 2. The molecule has 0 heterocycles. The van der Waals surface area contributed by atoms with Crippen LogP contribution in [0.3, 0.4) is 0 Å². The molecule has 0 spiro atoms. The van der Waals surface area contributed by atoms with Crippen molar-refractivity contribution in [3.8, 4) is 6.07 Å². The van der Waals surface area contributed by atoms with E-state index >= 15 is 0 Å². The predicted octanol–water partition coefficient (Wildman–Crippen LogP) is 2.90. The van der Waals surface area contributed by atoms with Crippen LogP contribution >= 0.6 is 0 Å². The van der Waals surface area contributed by atoms with Crippen molar-refractivity contribution in [1.82, 2.24) is 0 Å². The molecule has 2 aromatic carbocycles. The highest BCUT2D eigenvalue weighted by atomic mass is 16.1. The Bertz CT molecular complexity index is 684. The number of nitriles is 1. The number of nitrogens with zero attached hydrogens (tertiary/aromatic N) is 2. The number of hydrazone groups is 1. The van der Waals surface area contributed by atoms with Crippen LogP contribution in [0.25, 0.3) is 0 Å². The molecule has 2 N–H and O–H groups in total. The molecule has 2 rings (SSSR count). The van der Waals surface area contributed by atoms with Gasteiger partial charge in [0, 0.05) is 18.3 Å². The molecule has 0 unspecified atom stereocenters. The first-order valence-corrected chi connectivity index (χ1v) is 6.36. The lowest BCUT2D eigenvalue weighted by molar-refractivity contribution is 0.106. The maximum Gasteiger partial charge on any atom is 0.223 e. The number of rotatable bonds is 5. The van der Waals surface area contributed by atoms with E-state index in [-0.39, 0.29) is 5.71 Å². The van der Waals surface area contributed by atoms with Crippen molar-refractivity contribution >= 4 is 22.9 Å². The molecule has 0 saturated heterocycles. The second kappa shape index (κ2) is 6.87. The van der Waals surface area contributed by atoms with Gasteiger partial charge in [-0.25, -0.2) is 0 Å². The van der Waals surface area contributed by atoms with E-state index in [9.17, 15) is 4.79 Å². The van der Waals surface area contributed by atoms with Gasteiger partial charge in [0.25, 0.3) is 0 Å². The van der Waals surface area contributed by atoms with E-state index in [1.807, 2.05) is 31.3 Å². The molecule has 0 atom stereocenters. The Labute approximate surface area is 122 Å². The number of benzene rings is 2. The number of ketones is 1. The summed E-state index contributed by atoms with van der Waals surface area (Å²) in [5.41, 5.74) is 4.63. The molecule has 0 aliphatic carbocycles. The molecule has 21 heavy (non-hydrogen) atoms. The van der Waals surface area contributed by atoms with Crippen LogP contribution in [0, 0.1) is 11.3 Å². The average Bonchev–Trinajstić information content (AvgIpc) is 2.56. The number of nitrogens with one attached hydrogen (secondary N) is 2. The van der Waals surface area contributed by atoms with Crippen molar-refractivity contribution in [2.24, 2.45) is 5.10 Å². The predicted molar refractivity (Wildman–Crippen MR) is 83.4 cm³/mol. The number of carbonyl (C=O) groups is 1. The molecular weight excluding hydrogens is 264 g/mol. The zero-order valence-electron chi connectivity index (χ0n) is 11.5. The second-order valence-corrected chi connectivity index (χ2v) is 4.21. The fraction of sp³-hybridized carbons (Fsp3) is 0.0625. The molecule has 0 radical (unpaired) electrons. The highest BCUT2D eigenvalue weighted by molar-refractivity contribution is 6.51. The molecule has 0 bridgehead atoms. The van der Waals surface area contributed by atoms with Crippen molar-refractivity contribution in [1.29, 1.82) is 5.26 Å². The summed E-state index contributed by atoms with van der Waals surface area (Å²) in [4.78, 5) is 12.1. The Hall–Kier alpha value is -3.13. The molecule has 0 fully saturated rings. The van der Waals surface area contributed by atoms with Gasteiger partial charge >= 0.3 is 0 Å². The smallest absolute Gasteiger partial charge is 0.223 e. The summed E-state index contributed by atoms with van der Waals surface area (Å²) in [6.45, 7) is 0. The lowest BCUT2D eigenvalue weighted by Gasteiger charge is -2.03. The molecular formula is C16H14N4O. The third-order valence-corrected chi connectivity index (χ3v) is 2.83. The molecule has 104 valence electrons. The molecule has 0 amide bonds. The SMILES string of the molecule is CNc1ccc(N/N=C(\C#N)C(=O)c2ccccc2)cc1. The minimum Gasteiger partial charge on any atom is -0.388 e. The minimum atomic E-state index is -0.405. The van der Waals surface area contributed by atoms with Gasteiger partial charge in [0.1, 0.15) is 6.07 Å². The highest BCUT2D eigenvalue weighted by Gasteiger charge is 2.13. The first kappa shape index (κ1) is 14.3. The van der Waals surface area contributed by atoms with Gasteiger partial charge in [0.15, 0.2) is 0 Å². The Balaban J connectivity index is 2.13. The van der Waals surface area contributed by atoms with Crippen LogP contribution in [0.1, 0.15) is 10.4 Å². The van der Waals surface area contributed by atoms with Gasteiger partial charge in [0.05, 0.1) is 5.69 Å². The van der Waals surface area contributed by atoms with E-state index in [1.165, 1.54) is 0 Å². The maximum absolute atomic E-state index is 12.1. The summed E-state index contributed by atoms with van der Waals surface area (Å²) in [5.74, 6) is -0.405. The first-order valence-electron chi connectivity index (χ1n) is 6.36. The minimum absolute atomic E-state index is 0.182. The Kier molecular flexibility index (Phi) is 4.67. The zero-order chi connectivity index (χ0) is 15.1. The van der Waals surface area contributed by atoms with E-state index in [2.05, 4.69) is 15.8 Å². The molecule has 0 aliphatic rings. The number of Topliss-reactive ketones (excluding diaryl/α,β-unsaturated/α-hetero) is 1. The number of carbonyl (C=O) groups excluding carboxylic acids is 1. The summed E-state index contributed by atoms with van der Waals surface area (Å²) >= 11 is 0. The van der Waals surface area contributed by atoms with Crippen molar-refractivity contribution < 1.29 is 4.79 Å². The van der Waals surface area contributed by atoms with Crippen molar-refractivity contribution in [2.45, 2.75) is 0 Å². The number of hydrogen-bond acceptors (Lipinski definition) is 5. The Morgan fingerprint density at radius 2 is 1.67 bits per heavy atom. The van der Waals surface area contributed by atoms with Crippen LogP contribution in [-0.2, 0) is 0 Å². The summed E-state index contributed by atoms with van der Waals surface area (Å²) in [6, 6.07) is 17.7. The third-order valence-electron chi connectivity index (χ3n) is 2.83. The van der Waals surface area contributed by atoms with Crippen molar-refractivity contribution in [3.05, 3.63) is 60.2 Å². The van der Waals surface area contributed by atoms with Gasteiger partial charge in [-0.1, -0.05) is 30.3 Å². The maximum atomic E-state index is 12.1. The average molecular weight is 278 g/mol. The fourth-order valence-electron chi connectivity index (χ4n) is 1.68. The number of anilines is 2. The van der Waals surface area contributed by atoms with E-state index in [0.717, 1.165) is 5.69 Å². The Morgan fingerprint density at radius 1 is 1.05 bits per heavy atom. The van der Waals surface area contributed by atoms with Gasteiger partial charge in [-0.15, -0.1) is 0 Å². The fourth-order valence-corrected chi connectivity index (χ4v) is 1.68. The van der Waals surface area contributed by atoms with E-state index < -0.39 is 5.78 Å². The van der Waals surface area contributed by atoms with Crippen LogP contribution in [0.5, 0.6) is 0 Å². The van der Waals surface area contributed by atoms with Gasteiger partial charge in [0.2, 0.25) is 11.5 Å². The third kappa shape index (κ3) is 3.67. The van der Waals surface area contributed by atoms with E-state index in [1.54, 1.807) is 36.4 Å². The molecule has 5 nitrogen and oxygen atoms in total. The van der Waals surface area contributed by atoms with Gasteiger partial charge in [-0.2, -0.15) is 10.4 Å². The van der Waals surface area contributed by atoms with Crippen LogP contribution < -0.4 is 10.7 Å². The van der Waals surface area contributed by atoms with Gasteiger partial charge in [-0.3, -0.25) is 10.2 Å². The lowest BCUT2D eigenvalue weighted by Crippen LogP contribution is -2.14. The van der Waals surface area contributed by atoms with Gasteiger partial charge < -0.3 is 5.32 Å². The standard InChI is InChI=1S/C16H14N4O/c1-18-13-7-9-14(10-8-13)19-20-15(11-17)16(21)12-5-3-2-4-6-12/h2-10,18-19H,1H3/b20-15+. The van der Waals surface area contributed by atoms with Crippen molar-refractivity contribution in [2.75, 3.05) is 17.8 Å². The Morgan fingerprint density at radius 3 is 2.24 bits per heavy atom. The summed E-state index contributed by atoms with van der Waals surface area (Å²) in [6.07, 6.45) is 0. The van der Waals surface area contributed by atoms with Crippen molar-refractivity contribution in [3.63, 3.8) is 0 Å². The van der Waals surface area contributed by atoms with Gasteiger partial charge in [-0.05, 0) is 24.3 Å². The summed E-state index contributed by atoms with van der Waals surface area (Å²) in [5, 5.41) is 15.9. The topological polar surface area (TPSA) is 77.3 Å². The van der Waals surface area contributed by atoms with E-state index in [0.29, 0.717) is 11.3 Å². The normalized spacial score (nSPS) is 10.6. The van der Waals surface area contributed by atoms with Crippen LogP contribution in [0.4, 0.5) is 11.4 Å². The second-order valence-electron chi connectivity index (χ2n) is 4.21. The molecule has 0 aromatic heterocycles. The first-order chi connectivity index (χ1) is 10.2. The van der Waals surface area contributed by atoms with E-state index in [4.69, 9.17) is 5.26 Å². The summed E-state index contributed by atoms with van der Waals surface area (Å²) in [7, 11) is 1.83. The van der Waals surface area contributed by atoms with Crippen LogP contribution in [0.2, 0.25) is 0 Å². The molecule has 5 heteroatoms. The zero-order valence-corrected chi connectivity index (χ0v) is 11.5. The molecule has 0 aliphatic heterocycles. The molecule has 0 saturated carbocycles. The van der Waals surface area contributed by atoms with Crippen LogP contribution in [0.15, 0.2) is 59.7 Å². The molecule has 2 aromatic rings. The highest BCUT2D eigenvalue weighted by Crippen LogP contribution is 2.13. The quantitative estimate of drug-likeness (QED) is 0.501. The lowest BCUT2D eigenvalue weighted by atomic mass is 10.1. The van der Waals surface area contributed by atoms with Crippen LogP contribution in [-0.4, -0.2) is 18.5 Å². The summed E-state index contributed by atoms with van der Waals surface area (Å²) < 4.78 is 0. The largest absolute Gasteiger partial charge is 0.388 e. The monoisotopic (exact) mass is 278 g/mol.